The number of halogens is 2. The predicted octanol–water partition coefficient (Wildman–Crippen LogP) is 10.6. The fourth-order valence-electron chi connectivity index (χ4n) is 6.76. The number of pyridine rings is 3. The Labute approximate surface area is 402 Å². The van der Waals surface area contributed by atoms with Gasteiger partial charge in [-0.25, -0.2) is 9.59 Å². The summed E-state index contributed by atoms with van der Waals surface area (Å²) in [6.45, 7) is 11.5. The lowest BCUT2D eigenvalue weighted by molar-refractivity contribution is 0.0511. The van der Waals surface area contributed by atoms with E-state index in [1.54, 1.807) is 53.7 Å². The zero-order valence-corrected chi connectivity index (χ0v) is 40.4. The van der Waals surface area contributed by atoms with Gasteiger partial charge in [-0.1, -0.05) is 88.7 Å². The second-order valence-corrected chi connectivity index (χ2v) is 18.2. The maximum atomic E-state index is 12.5. The van der Waals surface area contributed by atoms with Gasteiger partial charge in [0.2, 0.25) is 0 Å². The van der Waals surface area contributed by atoms with E-state index in [0.717, 1.165) is 49.0 Å². The van der Waals surface area contributed by atoms with Crippen molar-refractivity contribution in [2.45, 2.75) is 72.4 Å². The molecule has 0 spiro atoms. The molecule has 13 nitrogen and oxygen atoms in total. The van der Waals surface area contributed by atoms with Crippen LogP contribution in [0.3, 0.4) is 0 Å². The molecule has 0 unspecified atom stereocenters. The highest BCUT2D eigenvalue weighted by Crippen LogP contribution is 2.24. The van der Waals surface area contributed by atoms with E-state index >= 15 is 0 Å². The van der Waals surface area contributed by atoms with Crippen molar-refractivity contribution in [1.29, 1.82) is 0 Å². The number of H-pyrrole nitrogens is 3. The summed E-state index contributed by atoms with van der Waals surface area (Å²) in [7, 11) is 0. The minimum absolute atomic E-state index is 0. The zero-order chi connectivity index (χ0) is 47.6. The van der Waals surface area contributed by atoms with E-state index in [1.165, 1.54) is 12.1 Å². The second kappa shape index (κ2) is 22.5. The summed E-state index contributed by atoms with van der Waals surface area (Å²) in [5.74, 6) is 0. The molecule has 15 heteroatoms. The minimum atomic E-state index is -0.561. The van der Waals surface area contributed by atoms with E-state index in [9.17, 15) is 24.0 Å². The van der Waals surface area contributed by atoms with Crippen LogP contribution in [-0.4, -0.2) is 38.3 Å². The van der Waals surface area contributed by atoms with E-state index in [0.29, 0.717) is 34.1 Å². The number of ether oxygens (including phenoxy) is 2. The van der Waals surface area contributed by atoms with Crippen molar-refractivity contribution < 1.29 is 19.1 Å². The molecule has 0 aliphatic rings. The van der Waals surface area contributed by atoms with Crippen LogP contribution in [0.25, 0.3) is 55.0 Å². The molecule has 8 aromatic rings. The first-order chi connectivity index (χ1) is 31.3. The molecule has 8 rings (SSSR count). The number of nitrogens with two attached hydrogens (primary N) is 1. The van der Waals surface area contributed by atoms with Gasteiger partial charge in [-0.15, -0.1) is 12.4 Å². The monoisotopic (exact) mass is 988 g/mol. The number of benzene rings is 5. The van der Waals surface area contributed by atoms with Gasteiger partial charge in [-0.3, -0.25) is 14.4 Å². The number of carbonyl (C=O) groups excluding carboxylic acids is 2. The Kier molecular flexibility index (Phi) is 17.1. The molecule has 3 aromatic heterocycles. The van der Waals surface area contributed by atoms with Crippen molar-refractivity contribution in [2.24, 2.45) is 5.73 Å². The number of alkyl carbamates (subject to hydrolysis) is 2. The summed E-state index contributed by atoms with van der Waals surface area (Å²) in [6.07, 6.45) is -1.03. The van der Waals surface area contributed by atoms with Gasteiger partial charge in [0.15, 0.2) is 16.3 Å². The number of hydrogen-bond acceptors (Lipinski definition) is 8. The Balaban J connectivity index is 0.000000189. The Bertz CT molecular complexity index is 3180. The molecule has 0 radical (unpaired) electrons. The number of carbonyl (C=O) groups is 2. The molecule has 0 saturated carbocycles. The Morgan fingerprint density at radius 2 is 0.866 bits per heavy atom. The first kappa shape index (κ1) is 51.0. The van der Waals surface area contributed by atoms with Crippen LogP contribution in [0.4, 0.5) is 9.59 Å². The van der Waals surface area contributed by atoms with Crippen molar-refractivity contribution in [2.75, 3.05) is 0 Å². The van der Waals surface area contributed by atoms with Gasteiger partial charge < -0.3 is 40.8 Å². The number of nitrogens with one attached hydrogen (secondary N) is 5. The molecular weight excluding hydrogens is 936 g/mol. The Morgan fingerprint density at radius 3 is 1.25 bits per heavy atom. The summed E-state index contributed by atoms with van der Waals surface area (Å²) in [4.78, 5) is 69.4. The number of hydrogen-bond donors (Lipinski definition) is 6. The molecule has 3 heterocycles. The maximum Gasteiger partial charge on any atom is 0.407 e. The Morgan fingerprint density at radius 1 is 0.507 bits per heavy atom. The third-order valence-corrected chi connectivity index (χ3v) is 10.2. The topological polar surface area (TPSA) is 201 Å². The highest BCUT2D eigenvalue weighted by atomic mass is 79.9. The molecule has 2 amide bonds. The summed E-state index contributed by atoms with van der Waals surface area (Å²) in [5, 5.41) is 7.18. The normalized spacial score (nSPS) is 11.0. The van der Waals surface area contributed by atoms with Crippen molar-refractivity contribution in [3.05, 3.63) is 186 Å². The molecule has 0 saturated heterocycles. The summed E-state index contributed by atoms with van der Waals surface area (Å²) >= 11 is 3.34. The smallest absolute Gasteiger partial charge is 0.407 e. The van der Waals surface area contributed by atoms with Gasteiger partial charge >= 0.3 is 12.2 Å². The minimum Gasteiger partial charge on any atom is -0.444 e. The molecular formula is C52H54BrClN6O7. The molecule has 0 fully saturated rings. The van der Waals surface area contributed by atoms with Gasteiger partial charge in [-0.05, 0) is 106 Å². The zero-order valence-electron chi connectivity index (χ0n) is 38.0. The van der Waals surface area contributed by atoms with Crippen LogP contribution in [0, 0.1) is 0 Å². The highest BCUT2D eigenvalue weighted by molar-refractivity contribution is 9.10. The first-order valence-corrected chi connectivity index (χ1v) is 22.0. The van der Waals surface area contributed by atoms with Crippen molar-refractivity contribution in [1.82, 2.24) is 25.6 Å². The number of rotatable bonds is 7. The van der Waals surface area contributed by atoms with Crippen LogP contribution in [0.5, 0.6) is 0 Å². The van der Waals surface area contributed by atoms with Crippen LogP contribution in [0.1, 0.15) is 58.6 Å². The number of amides is 2. The van der Waals surface area contributed by atoms with E-state index in [2.05, 4.69) is 41.5 Å². The molecule has 67 heavy (non-hydrogen) atoms. The van der Waals surface area contributed by atoms with Gasteiger partial charge in [0.05, 0.1) is 13.1 Å². The molecule has 5 aromatic carbocycles. The molecule has 0 aliphatic carbocycles. The van der Waals surface area contributed by atoms with E-state index in [1.807, 2.05) is 109 Å². The van der Waals surface area contributed by atoms with Crippen LogP contribution >= 0.6 is 28.3 Å². The molecule has 348 valence electrons. The van der Waals surface area contributed by atoms with Gasteiger partial charge in [0.1, 0.15) is 11.2 Å². The van der Waals surface area contributed by atoms with Gasteiger partial charge in [0, 0.05) is 79.0 Å². The SMILES string of the molecule is CC(C)(C)OC(=O)NCc1cc(=O)c2cc(-c3ccccc3)ccc2[nH]1.CC(C)(C)OC(=O)NCc1cc(=O)c2cc(Br)ccc2[nH]1.Cl.NCc1cc(=O)c2cc(-c3ccccc3)ccc2[nH]1. The number of fused-ring (bicyclic) bond motifs is 3. The second-order valence-electron chi connectivity index (χ2n) is 17.3. The van der Waals surface area contributed by atoms with Crippen LogP contribution < -0.4 is 32.7 Å². The van der Waals surface area contributed by atoms with Crippen molar-refractivity contribution in [3.8, 4) is 22.3 Å². The van der Waals surface area contributed by atoms with Gasteiger partial charge in [0.25, 0.3) is 0 Å². The third-order valence-electron chi connectivity index (χ3n) is 9.70. The fraction of sp³-hybridized carbons (Fsp3) is 0.212. The lowest BCUT2D eigenvalue weighted by Crippen LogP contribution is -2.32. The average Bonchev–Trinajstić information content (AvgIpc) is 3.27. The van der Waals surface area contributed by atoms with Crippen molar-refractivity contribution in [3.63, 3.8) is 0 Å². The highest BCUT2D eigenvalue weighted by Gasteiger charge is 2.17. The largest absolute Gasteiger partial charge is 0.444 e. The third kappa shape index (κ3) is 14.8. The Hall–Kier alpha value is -7.00. The lowest BCUT2D eigenvalue weighted by atomic mass is 10.0. The average molecular weight is 990 g/mol. The van der Waals surface area contributed by atoms with E-state index in [4.69, 9.17) is 15.2 Å². The summed E-state index contributed by atoms with van der Waals surface area (Å²) < 4.78 is 11.2. The van der Waals surface area contributed by atoms with E-state index in [-0.39, 0.29) is 41.8 Å². The summed E-state index contributed by atoms with van der Waals surface area (Å²) in [6, 6.07) is 41.5. The summed E-state index contributed by atoms with van der Waals surface area (Å²) in [5.41, 5.74) is 12.8. The van der Waals surface area contributed by atoms with Gasteiger partial charge in [-0.2, -0.15) is 0 Å². The number of aromatic amines is 3. The van der Waals surface area contributed by atoms with Crippen molar-refractivity contribution >= 4 is 73.2 Å². The van der Waals surface area contributed by atoms with Crippen LogP contribution in [-0.2, 0) is 29.1 Å². The molecule has 0 aliphatic heterocycles. The van der Waals surface area contributed by atoms with Crippen LogP contribution in [0.15, 0.2) is 152 Å². The predicted molar refractivity (Wildman–Crippen MR) is 274 cm³/mol. The quantitative estimate of drug-likeness (QED) is 0.0905. The first-order valence-electron chi connectivity index (χ1n) is 21.2. The van der Waals surface area contributed by atoms with Crippen LogP contribution in [0.2, 0.25) is 0 Å². The fourth-order valence-corrected chi connectivity index (χ4v) is 7.12. The maximum absolute atomic E-state index is 12.5. The molecule has 0 bridgehead atoms. The number of aromatic nitrogens is 3. The molecule has 7 N–H and O–H groups in total. The lowest BCUT2D eigenvalue weighted by Gasteiger charge is -2.19. The standard InChI is InChI=1S/C21H22N2O3.C16H14N2O.C15H17BrN2O3.ClH/c1-21(2,3)26-20(25)22-13-16-12-19(24)17-11-15(9-10-18(17)23-16)14-7-5-4-6-8-14;17-10-13-9-16(19)14-8-12(6-7-15(14)18-13)11-4-2-1-3-5-11;1-15(2,3)21-14(20)17-8-10-7-13(19)11-6-9(16)4-5-12(11)18-10;/h4-12H,13H2,1-3H3,(H,22,25)(H,23,24);1-9H,10,17H2,(H,18,19);4-7H,8H2,1-3H3,(H,17,20)(H,18,19);1H. The molecule has 0 atom stereocenters. The van der Waals surface area contributed by atoms with E-state index < -0.39 is 23.4 Å².